The topological polar surface area (TPSA) is 70.5 Å². The number of likely N-dealkylation sites (tertiary alicyclic amines) is 1. The summed E-state index contributed by atoms with van der Waals surface area (Å²) < 4.78 is 5.46. The van der Waals surface area contributed by atoms with Crippen molar-refractivity contribution in [2.45, 2.75) is 25.8 Å². The number of hydrogen-bond acceptors (Lipinski definition) is 6. The van der Waals surface area contributed by atoms with Crippen molar-refractivity contribution < 1.29 is 4.79 Å². The third kappa shape index (κ3) is 2.98. The lowest BCUT2D eigenvalue weighted by Gasteiger charge is -2.25. The third-order valence-corrected chi connectivity index (χ3v) is 5.91. The molecule has 1 fully saturated rings. The smallest absolute Gasteiger partial charge is 0.274 e. The molecule has 1 amide bonds. The molecule has 0 bridgehead atoms. The fraction of sp³-hybridized carbons (Fsp3) is 0.300. The molecule has 1 saturated heterocycles. The van der Waals surface area contributed by atoms with E-state index >= 15 is 0 Å². The van der Waals surface area contributed by atoms with E-state index in [0.717, 1.165) is 58.8 Å². The summed E-state index contributed by atoms with van der Waals surface area (Å²) in [6, 6.07) is 9.97. The van der Waals surface area contributed by atoms with Crippen molar-refractivity contribution in [3.8, 4) is 0 Å². The number of nitrogens with zero attached hydrogens (tertiary/aromatic N) is 4. The van der Waals surface area contributed by atoms with Crippen LogP contribution in [-0.4, -0.2) is 39.1 Å². The maximum absolute atomic E-state index is 12.8. The molecule has 0 aliphatic carbocycles. The number of amidine groups is 1. The van der Waals surface area contributed by atoms with Gasteiger partial charge in [-0.25, -0.2) is 0 Å². The zero-order valence-corrected chi connectivity index (χ0v) is 15.6. The fourth-order valence-corrected chi connectivity index (χ4v) is 4.48. The average Bonchev–Trinajstić information content (AvgIpc) is 3.32. The molecule has 4 heterocycles. The van der Waals surface area contributed by atoms with Gasteiger partial charge in [-0.05, 0) is 55.1 Å². The molecule has 3 aromatic rings. The van der Waals surface area contributed by atoms with E-state index in [9.17, 15) is 4.79 Å². The van der Waals surface area contributed by atoms with E-state index in [1.807, 2.05) is 35.2 Å². The van der Waals surface area contributed by atoms with E-state index in [4.69, 9.17) is 0 Å². The predicted octanol–water partition coefficient (Wildman–Crippen LogP) is 3.69. The zero-order chi connectivity index (χ0) is 18.2. The first-order valence-corrected chi connectivity index (χ1v) is 10.0. The highest BCUT2D eigenvalue weighted by molar-refractivity contribution is 7.13. The van der Waals surface area contributed by atoms with Crippen LogP contribution < -0.4 is 5.32 Å². The Morgan fingerprint density at radius 2 is 2.04 bits per heavy atom. The van der Waals surface area contributed by atoms with Crippen molar-refractivity contribution in [2.24, 2.45) is 4.99 Å². The van der Waals surface area contributed by atoms with E-state index in [2.05, 4.69) is 19.7 Å². The van der Waals surface area contributed by atoms with Crippen LogP contribution in [0.5, 0.6) is 0 Å². The molecule has 0 saturated carbocycles. The first-order chi connectivity index (χ1) is 13.3. The Balaban J connectivity index is 1.40. The van der Waals surface area contributed by atoms with Crippen molar-refractivity contribution in [3.63, 3.8) is 0 Å². The third-order valence-electron chi connectivity index (χ3n) is 5.10. The number of carbonyl (C=O) groups is 1. The van der Waals surface area contributed by atoms with Crippen LogP contribution in [0, 0.1) is 0 Å². The van der Waals surface area contributed by atoms with Crippen LogP contribution in [0.1, 0.15) is 41.0 Å². The summed E-state index contributed by atoms with van der Waals surface area (Å²) in [7, 11) is 0. The number of piperidine rings is 1. The minimum Gasteiger partial charge on any atom is -0.339 e. The van der Waals surface area contributed by atoms with Crippen LogP contribution in [-0.2, 0) is 6.54 Å². The van der Waals surface area contributed by atoms with Gasteiger partial charge in [0.15, 0.2) is 5.84 Å². The van der Waals surface area contributed by atoms with Gasteiger partial charge >= 0.3 is 0 Å². The number of nitrogens with one attached hydrogen (secondary N) is 1. The Morgan fingerprint density at radius 3 is 2.93 bits per heavy atom. The van der Waals surface area contributed by atoms with Crippen molar-refractivity contribution in [3.05, 3.63) is 53.5 Å². The van der Waals surface area contributed by atoms with Gasteiger partial charge in [-0.1, -0.05) is 6.07 Å². The molecule has 1 N–H and O–H groups in total. The number of pyridine rings is 1. The van der Waals surface area contributed by atoms with Crippen molar-refractivity contribution >= 4 is 39.0 Å². The summed E-state index contributed by atoms with van der Waals surface area (Å²) in [5, 5.41) is 4.29. The summed E-state index contributed by atoms with van der Waals surface area (Å²) in [6.45, 7) is 2.33. The van der Waals surface area contributed by atoms with Crippen LogP contribution in [0.3, 0.4) is 0 Å². The number of rotatable bonds is 2. The Bertz CT molecular complexity index is 1050. The Labute approximate surface area is 161 Å². The van der Waals surface area contributed by atoms with E-state index < -0.39 is 0 Å². The highest BCUT2D eigenvalue weighted by Crippen LogP contribution is 2.28. The van der Waals surface area contributed by atoms with Crippen LogP contribution in [0.25, 0.3) is 10.1 Å². The molecule has 2 aliphatic rings. The van der Waals surface area contributed by atoms with Crippen molar-refractivity contribution in [1.29, 1.82) is 0 Å². The standard InChI is InChI=1S/C20H19N5OS/c26-20(25-9-2-1-3-10-25)18-15-7-6-14(11-16(15)27-24-18)23-19-17-13(12-22-19)5-4-8-21-17/h4-8,11H,1-3,9-10,12H2,(H,22,23). The predicted molar refractivity (Wildman–Crippen MR) is 107 cm³/mol. The molecule has 2 aliphatic heterocycles. The minimum absolute atomic E-state index is 0.0555. The molecule has 5 rings (SSSR count). The number of benzene rings is 1. The van der Waals surface area contributed by atoms with Gasteiger partial charge in [-0.2, -0.15) is 4.37 Å². The van der Waals surface area contributed by atoms with Gasteiger partial charge in [0.2, 0.25) is 0 Å². The molecule has 7 heteroatoms. The highest BCUT2D eigenvalue weighted by atomic mass is 32.1. The molecule has 1 aromatic carbocycles. The molecule has 0 spiro atoms. The quantitative estimate of drug-likeness (QED) is 0.739. The van der Waals surface area contributed by atoms with E-state index in [0.29, 0.717) is 12.2 Å². The van der Waals surface area contributed by atoms with Crippen LogP contribution >= 0.6 is 11.5 Å². The number of amides is 1. The molecule has 6 nitrogen and oxygen atoms in total. The number of aliphatic imine (C=N–C) groups is 1. The molecule has 136 valence electrons. The molecule has 0 unspecified atom stereocenters. The minimum atomic E-state index is 0.0555. The lowest BCUT2D eigenvalue weighted by Crippen LogP contribution is -2.35. The highest BCUT2D eigenvalue weighted by Gasteiger charge is 2.23. The maximum Gasteiger partial charge on any atom is 0.274 e. The molecule has 0 atom stereocenters. The maximum atomic E-state index is 12.8. The normalized spacial score (nSPS) is 16.3. The second-order valence-corrected chi connectivity index (χ2v) is 7.70. The van der Waals surface area contributed by atoms with Crippen molar-refractivity contribution in [2.75, 3.05) is 18.4 Å². The van der Waals surface area contributed by atoms with Crippen molar-refractivity contribution in [1.82, 2.24) is 14.3 Å². The Hall–Kier alpha value is -2.80. The number of carbonyl (C=O) groups excluding carboxylic acids is 1. The van der Waals surface area contributed by atoms with Crippen LogP contribution in [0.2, 0.25) is 0 Å². The summed E-state index contributed by atoms with van der Waals surface area (Å²) in [5.74, 6) is 0.846. The van der Waals surface area contributed by atoms with Gasteiger partial charge in [0.25, 0.3) is 5.91 Å². The molecule has 2 aromatic heterocycles. The van der Waals surface area contributed by atoms with Gasteiger partial charge in [0.1, 0.15) is 11.4 Å². The number of anilines is 1. The summed E-state index contributed by atoms with van der Waals surface area (Å²) in [5.41, 5.74) is 3.55. The first kappa shape index (κ1) is 16.4. The summed E-state index contributed by atoms with van der Waals surface area (Å²) in [6.07, 6.45) is 5.16. The first-order valence-electron chi connectivity index (χ1n) is 9.24. The summed E-state index contributed by atoms with van der Waals surface area (Å²) >= 11 is 1.37. The summed E-state index contributed by atoms with van der Waals surface area (Å²) in [4.78, 5) is 23.7. The number of hydrogen-bond donors (Lipinski definition) is 1. The number of aromatic nitrogens is 2. The lowest BCUT2D eigenvalue weighted by molar-refractivity contribution is 0.0721. The monoisotopic (exact) mass is 377 g/mol. The largest absolute Gasteiger partial charge is 0.339 e. The van der Waals surface area contributed by atoms with Gasteiger partial charge in [0, 0.05) is 35.9 Å². The second-order valence-electron chi connectivity index (χ2n) is 6.90. The molecule has 0 radical (unpaired) electrons. The second kappa shape index (κ2) is 6.74. The van der Waals surface area contributed by atoms with E-state index in [-0.39, 0.29) is 5.91 Å². The fourth-order valence-electron chi connectivity index (χ4n) is 3.67. The molecular weight excluding hydrogens is 358 g/mol. The molecular formula is C20H19N5OS. The van der Waals surface area contributed by atoms with Crippen LogP contribution in [0.15, 0.2) is 41.5 Å². The van der Waals surface area contributed by atoms with Gasteiger partial charge in [-0.3, -0.25) is 14.8 Å². The van der Waals surface area contributed by atoms with Gasteiger partial charge in [-0.15, -0.1) is 0 Å². The average molecular weight is 377 g/mol. The van der Waals surface area contributed by atoms with Crippen LogP contribution in [0.4, 0.5) is 5.69 Å². The SMILES string of the molecule is O=C(c1nsc2cc(NC3=NCc4cccnc43)ccc12)N1CCCCC1. The Morgan fingerprint density at radius 1 is 1.15 bits per heavy atom. The van der Waals surface area contributed by atoms with E-state index in [1.54, 1.807) is 6.20 Å². The number of fused-ring (bicyclic) bond motifs is 2. The van der Waals surface area contributed by atoms with E-state index in [1.165, 1.54) is 18.0 Å². The Kier molecular flexibility index (Phi) is 4.09. The zero-order valence-electron chi connectivity index (χ0n) is 14.8. The van der Waals surface area contributed by atoms with Gasteiger partial charge < -0.3 is 10.2 Å². The van der Waals surface area contributed by atoms with Gasteiger partial charge in [0.05, 0.1) is 11.2 Å². The lowest BCUT2D eigenvalue weighted by atomic mass is 10.1. The molecule has 27 heavy (non-hydrogen) atoms.